The van der Waals surface area contributed by atoms with E-state index in [1.54, 1.807) is 12.1 Å². The van der Waals surface area contributed by atoms with Gasteiger partial charge in [-0.05, 0) is 40.0 Å². The number of aromatic nitrogens is 2. The van der Waals surface area contributed by atoms with Crippen molar-refractivity contribution in [3.05, 3.63) is 90.0 Å². The van der Waals surface area contributed by atoms with Gasteiger partial charge in [0.05, 0.1) is 0 Å². The second-order valence-corrected chi connectivity index (χ2v) is 8.18. The Hall–Kier alpha value is -3.03. The molecule has 0 bridgehead atoms. The standard InChI is InChI=1S/C21H19N3O3S/c25-28(26,20-13-7-12-19-21(20)24-27-23-19)22-15-14-18(16-8-3-1-4-9-16)17-10-5-2-6-11-17/h1-13,18,22H,14-15H2. The summed E-state index contributed by atoms with van der Waals surface area (Å²) in [4.78, 5) is 0.0715. The Morgan fingerprint density at radius 3 is 2.11 bits per heavy atom. The van der Waals surface area contributed by atoms with Gasteiger partial charge in [-0.25, -0.2) is 17.8 Å². The fourth-order valence-corrected chi connectivity index (χ4v) is 4.51. The molecule has 0 amide bonds. The minimum atomic E-state index is -3.73. The smallest absolute Gasteiger partial charge is 0.242 e. The van der Waals surface area contributed by atoms with Crippen molar-refractivity contribution in [1.29, 1.82) is 0 Å². The van der Waals surface area contributed by atoms with Gasteiger partial charge in [-0.15, -0.1) is 0 Å². The third-order valence-electron chi connectivity index (χ3n) is 4.67. The minimum Gasteiger partial charge on any atom is -0.243 e. The van der Waals surface area contributed by atoms with Gasteiger partial charge in [0, 0.05) is 12.5 Å². The van der Waals surface area contributed by atoms with Gasteiger partial charge >= 0.3 is 0 Å². The topological polar surface area (TPSA) is 85.1 Å². The average molecular weight is 393 g/mol. The van der Waals surface area contributed by atoms with Crippen LogP contribution in [0.1, 0.15) is 23.5 Å². The van der Waals surface area contributed by atoms with Crippen LogP contribution in [0.15, 0.2) is 88.4 Å². The van der Waals surface area contributed by atoms with Crippen molar-refractivity contribution in [2.75, 3.05) is 6.54 Å². The molecule has 1 heterocycles. The van der Waals surface area contributed by atoms with Crippen molar-refractivity contribution in [2.24, 2.45) is 0 Å². The Kier molecular flexibility index (Phi) is 5.18. The lowest BCUT2D eigenvalue weighted by Crippen LogP contribution is -2.26. The number of nitrogens with one attached hydrogen (secondary N) is 1. The van der Waals surface area contributed by atoms with Crippen LogP contribution in [0.25, 0.3) is 11.0 Å². The highest BCUT2D eigenvalue weighted by atomic mass is 32.2. The summed E-state index contributed by atoms with van der Waals surface area (Å²) < 4.78 is 32.9. The van der Waals surface area contributed by atoms with E-state index in [1.165, 1.54) is 6.07 Å². The van der Waals surface area contributed by atoms with Crippen molar-refractivity contribution in [1.82, 2.24) is 15.0 Å². The number of hydrogen-bond donors (Lipinski definition) is 1. The summed E-state index contributed by atoms with van der Waals surface area (Å²) in [5.41, 5.74) is 2.94. The molecule has 0 unspecified atom stereocenters. The van der Waals surface area contributed by atoms with Crippen molar-refractivity contribution in [3.8, 4) is 0 Å². The molecule has 0 aliphatic rings. The molecule has 4 rings (SSSR count). The van der Waals surface area contributed by atoms with E-state index in [-0.39, 0.29) is 16.3 Å². The quantitative estimate of drug-likeness (QED) is 0.517. The summed E-state index contributed by atoms with van der Waals surface area (Å²) >= 11 is 0. The first-order chi connectivity index (χ1) is 13.6. The normalized spacial score (nSPS) is 11.9. The lowest BCUT2D eigenvalue weighted by molar-refractivity contribution is 0.315. The zero-order chi connectivity index (χ0) is 19.4. The lowest BCUT2D eigenvalue weighted by atomic mass is 9.89. The van der Waals surface area contributed by atoms with Crippen LogP contribution in [-0.2, 0) is 10.0 Å². The minimum absolute atomic E-state index is 0.0715. The number of sulfonamides is 1. The Balaban J connectivity index is 1.54. The van der Waals surface area contributed by atoms with Gasteiger partial charge in [0.2, 0.25) is 10.0 Å². The van der Waals surface area contributed by atoms with Gasteiger partial charge in [-0.3, -0.25) is 0 Å². The molecule has 0 saturated carbocycles. The summed E-state index contributed by atoms with van der Waals surface area (Å²) in [5.74, 6) is 0.0922. The first-order valence-electron chi connectivity index (χ1n) is 8.96. The first-order valence-corrected chi connectivity index (χ1v) is 10.4. The molecule has 4 aromatic rings. The lowest BCUT2D eigenvalue weighted by Gasteiger charge is -2.18. The van der Waals surface area contributed by atoms with Crippen LogP contribution in [0.4, 0.5) is 0 Å². The second-order valence-electron chi connectivity index (χ2n) is 6.45. The summed E-state index contributed by atoms with van der Waals surface area (Å²) in [6.45, 7) is 0.290. The summed E-state index contributed by atoms with van der Waals surface area (Å²) in [7, 11) is -3.73. The van der Waals surface area contributed by atoms with Crippen LogP contribution in [-0.4, -0.2) is 25.3 Å². The van der Waals surface area contributed by atoms with Gasteiger partial charge in [0.15, 0.2) is 5.52 Å². The van der Waals surface area contributed by atoms with Gasteiger partial charge in [-0.1, -0.05) is 66.7 Å². The maximum Gasteiger partial charge on any atom is 0.242 e. The summed E-state index contributed by atoms with van der Waals surface area (Å²) in [6, 6.07) is 25.0. The molecule has 0 fully saturated rings. The largest absolute Gasteiger partial charge is 0.243 e. The number of fused-ring (bicyclic) bond motifs is 1. The molecule has 0 atom stereocenters. The highest BCUT2D eigenvalue weighted by molar-refractivity contribution is 7.89. The van der Waals surface area contributed by atoms with Crippen LogP contribution in [0.3, 0.4) is 0 Å². The maximum absolute atomic E-state index is 12.8. The van der Waals surface area contributed by atoms with Crippen LogP contribution >= 0.6 is 0 Å². The van der Waals surface area contributed by atoms with Crippen LogP contribution < -0.4 is 4.72 Å². The van der Waals surface area contributed by atoms with Crippen LogP contribution in [0.5, 0.6) is 0 Å². The van der Waals surface area contributed by atoms with Gasteiger partial charge < -0.3 is 0 Å². The molecule has 0 aliphatic heterocycles. The van der Waals surface area contributed by atoms with Crippen molar-refractivity contribution in [3.63, 3.8) is 0 Å². The molecule has 0 aliphatic carbocycles. The van der Waals surface area contributed by atoms with E-state index in [4.69, 9.17) is 0 Å². The van der Waals surface area contributed by atoms with E-state index in [0.29, 0.717) is 18.5 Å². The third kappa shape index (κ3) is 3.81. The zero-order valence-electron chi connectivity index (χ0n) is 15.0. The van der Waals surface area contributed by atoms with Gasteiger partial charge in [0.25, 0.3) is 0 Å². The molecular weight excluding hydrogens is 374 g/mol. The van der Waals surface area contributed by atoms with Crippen molar-refractivity contribution >= 4 is 21.1 Å². The molecule has 0 saturated heterocycles. The van der Waals surface area contributed by atoms with E-state index < -0.39 is 10.0 Å². The van der Waals surface area contributed by atoms with E-state index in [9.17, 15) is 8.42 Å². The predicted octanol–water partition coefficient (Wildman–Crippen LogP) is 3.72. The van der Waals surface area contributed by atoms with Crippen molar-refractivity contribution < 1.29 is 13.0 Å². The van der Waals surface area contributed by atoms with Crippen molar-refractivity contribution in [2.45, 2.75) is 17.2 Å². The van der Waals surface area contributed by atoms with E-state index in [0.717, 1.165) is 11.1 Å². The first kappa shape index (κ1) is 18.3. The maximum atomic E-state index is 12.8. The third-order valence-corrected chi connectivity index (χ3v) is 6.16. The molecule has 1 N–H and O–H groups in total. The molecule has 1 aromatic heterocycles. The Labute approximate surface area is 163 Å². The molecular formula is C21H19N3O3S. The fourth-order valence-electron chi connectivity index (χ4n) is 3.31. The van der Waals surface area contributed by atoms with Crippen LogP contribution in [0.2, 0.25) is 0 Å². The Morgan fingerprint density at radius 2 is 1.46 bits per heavy atom. The summed E-state index contributed by atoms with van der Waals surface area (Å²) in [5, 5.41) is 7.42. The van der Waals surface area contributed by atoms with Crippen LogP contribution in [0, 0.1) is 0 Å². The van der Waals surface area contributed by atoms with E-state index in [1.807, 2.05) is 36.4 Å². The second kappa shape index (κ2) is 7.92. The highest BCUT2D eigenvalue weighted by Gasteiger charge is 2.21. The predicted molar refractivity (Wildman–Crippen MR) is 106 cm³/mol. The molecule has 0 radical (unpaired) electrons. The molecule has 28 heavy (non-hydrogen) atoms. The highest BCUT2D eigenvalue weighted by Crippen LogP contribution is 2.28. The monoisotopic (exact) mass is 393 g/mol. The SMILES string of the molecule is O=S(=O)(NCCC(c1ccccc1)c1ccccc1)c1cccc2nonc12. The van der Waals surface area contributed by atoms with Gasteiger partial charge in [0.1, 0.15) is 10.4 Å². The van der Waals surface area contributed by atoms with Gasteiger partial charge in [-0.2, -0.15) is 0 Å². The fraction of sp³-hybridized carbons (Fsp3) is 0.143. The average Bonchev–Trinajstić information content (AvgIpc) is 3.21. The number of hydrogen-bond acceptors (Lipinski definition) is 5. The molecule has 3 aromatic carbocycles. The molecule has 0 spiro atoms. The molecule has 142 valence electrons. The Bertz CT molecular complexity index is 1120. The molecule has 7 heteroatoms. The Morgan fingerprint density at radius 1 is 0.821 bits per heavy atom. The van der Waals surface area contributed by atoms with E-state index in [2.05, 4.69) is 43.9 Å². The van der Waals surface area contributed by atoms with E-state index >= 15 is 0 Å². The number of rotatable bonds is 7. The number of nitrogens with zero attached hydrogens (tertiary/aromatic N) is 2. The summed E-state index contributed by atoms with van der Waals surface area (Å²) in [6.07, 6.45) is 0.625. The zero-order valence-corrected chi connectivity index (χ0v) is 15.8. The number of benzene rings is 3. The molecule has 6 nitrogen and oxygen atoms in total.